The number of carbonyl (C=O) groups is 1. The molecular weight excluding hydrogens is 481 g/mol. The molecule has 0 radical (unpaired) electrons. The summed E-state index contributed by atoms with van der Waals surface area (Å²) in [5.41, 5.74) is 3.98. The number of hydrogen-bond donors (Lipinski definition) is 1. The van der Waals surface area contributed by atoms with Crippen LogP contribution in [0.3, 0.4) is 0 Å². The predicted molar refractivity (Wildman–Crippen MR) is 142 cm³/mol. The predicted octanol–water partition coefficient (Wildman–Crippen LogP) is 6.83. The monoisotopic (exact) mass is 505 g/mol. The largest absolute Gasteiger partial charge is 0.451 e. The molecule has 1 saturated heterocycles. The summed E-state index contributed by atoms with van der Waals surface area (Å²) in [5.74, 6) is 0.471. The lowest BCUT2D eigenvalue weighted by Gasteiger charge is -2.36. The molecule has 1 fully saturated rings. The van der Waals surface area contributed by atoms with Gasteiger partial charge in [-0.1, -0.05) is 53.5 Å². The number of halogens is 2. The number of piperazine rings is 1. The van der Waals surface area contributed by atoms with Gasteiger partial charge in [0.2, 0.25) is 0 Å². The highest BCUT2D eigenvalue weighted by Gasteiger charge is 2.18. The van der Waals surface area contributed by atoms with Crippen LogP contribution in [0.2, 0.25) is 10.0 Å². The van der Waals surface area contributed by atoms with Gasteiger partial charge in [0.25, 0.3) is 5.91 Å². The van der Waals surface area contributed by atoms with E-state index in [4.69, 9.17) is 27.6 Å². The van der Waals surface area contributed by atoms with Gasteiger partial charge in [-0.25, -0.2) is 0 Å². The van der Waals surface area contributed by atoms with Crippen molar-refractivity contribution in [2.24, 2.45) is 0 Å². The number of amides is 1. The smallest absolute Gasteiger partial charge is 0.291 e. The molecule has 0 saturated carbocycles. The van der Waals surface area contributed by atoms with Crippen molar-refractivity contribution in [1.29, 1.82) is 0 Å². The lowest BCUT2D eigenvalue weighted by molar-refractivity contribution is 0.0997. The minimum Gasteiger partial charge on any atom is -0.451 e. The van der Waals surface area contributed by atoms with Crippen LogP contribution in [0.1, 0.15) is 16.1 Å². The molecule has 5 rings (SSSR count). The Hall–Kier alpha value is -3.25. The van der Waals surface area contributed by atoms with Crippen LogP contribution >= 0.6 is 23.2 Å². The molecule has 0 atom stereocenters. The Balaban J connectivity index is 1.16. The highest BCUT2D eigenvalue weighted by molar-refractivity contribution is 6.42. The number of anilines is 2. The van der Waals surface area contributed by atoms with E-state index in [0.717, 1.165) is 44.0 Å². The lowest BCUT2D eigenvalue weighted by Crippen LogP contribution is -2.45. The van der Waals surface area contributed by atoms with Gasteiger partial charge in [-0.3, -0.25) is 9.69 Å². The first-order chi connectivity index (χ1) is 17.0. The number of nitrogens with one attached hydrogen (secondary N) is 1. The number of furan rings is 1. The van der Waals surface area contributed by atoms with E-state index in [2.05, 4.69) is 45.4 Å². The third-order valence-electron chi connectivity index (χ3n) is 6.15. The Morgan fingerprint density at radius 2 is 1.57 bits per heavy atom. The molecule has 1 aliphatic heterocycles. The van der Waals surface area contributed by atoms with Crippen LogP contribution in [0.5, 0.6) is 0 Å². The average Bonchev–Trinajstić information content (AvgIpc) is 3.38. The van der Waals surface area contributed by atoms with Gasteiger partial charge in [-0.15, -0.1) is 0 Å². The maximum atomic E-state index is 12.7. The molecule has 5 nitrogen and oxygen atoms in total. The normalized spacial score (nSPS) is 14.2. The maximum Gasteiger partial charge on any atom is 0.291 e. The fourth-order valence-corrected chi connectivity index (χ4v) is 4.52. The third kappa shape index (κ3) is 5.70. The van der Waals surface area contributed by atoms with E-state index >= 15 is 0 Å². The summed E-state index contributed by atoms with van der Waals surface area (Å²) >= 11 is 12.1. The molecule has 1 amide bonds. The van der Waals surface area contributed by atoms with Crippen molar-refractivity contribution < 1.29 is 9.21 Å². The summed E-state index contributed by atoms with van der Waals surface area (Å²) in [6, 6.07) is 27.1. The number of benzene rings is 3. The van der Waals surface area contributed by atoms with Gasteiger partial charge in [0.1, 0.15) is 5.76 Å². The summed E-state index contributed by atoms with van der Waals surface area (Å²) < 4.78 is 5.74. The highest BCUT2D eigenvalue weighted by Crippen LogP contribution is 2.30. The minimum absolute atomic E-state index is 0.227. The van der Waals surface area contributed by atoms with Crippen molar-refractivity contribution in [1.82, 2.24) is 4.90 Å². The zero-order valence-corrected chi connectivity index (χ0v) is 20.6. The fraction of sp³-hybridized carbons (Fsp3) is 0.179. The van der Waals surface area contributed by atoms with E-state index in [1.807, 2.05) is 24.3 Å². The van der Waals surface area contributed by atoms with Gasteiger partial charge in [0, 0.05) is 49.7 Å². The Labute approximate surface area is 214 Å². The highest BCUT2D eigenvalue weighted by atomic mass is 35.5. The molecular formula is C28H25Cl2N3O2. The van der Waals surface area contributed by atoms with Crippen molar-refractivity contribution in [3.8, 4) is 11.3 Å². The number of carbonyl (C=O) groups excluding carboxylic acids is 1. The Kier molecular flexibility index (Phi) is 7.09. The average molecular weight is 506 g/mol. The van der Waals surface area contributed by atoms with E-state index in [1.165, 1.54) is 5.56 Å². The lowest BCUT2D eigenvalue weighted by atomic mass is 10.2. The molecule has 1 N–H and O–H groups in total. The van der Waals surface area contributed by atoms with Gasteiger partial charge in [-0.05, 0) is 60.2 Å². The Morgan fingerprint density at radius 3 is 2.29 bits per heavy atom. The van der Waals surface area contributed by atoms with E-state index in [0.29, 0.717) is 21.5 Å². The second kappa shape index (κ2) is 10.6. The van der Waals surface area contributed by atoms with Gasteiger partial charge < -0.3 is 14.6 Å². The first kappa shape index (κ1) is 23.5. The molecule has 7 heteroatoms. The molecule has 1 aromatic heterocycles. The Bertz CT molecular complexity index is 1300. The van der Waals surface area contributed by atoms with E-state index in [1.54, 1.807) is 30.3 Å². The fourth-order valence-electron chi connectivity index (χ4n) is 4.22. The van der Waals surface area contributed by atoms with Gasteiger partial charge in [0.05, 0.1) is 10.0 Å². The van der Waals surface area contributed by atoms with Crippen molar-refractivity contribution in [2.45, 2.75) is 6.54 Å². The number of nitrogens with zero attached hydrogens (tertiary/aromatic N) is 2. The van der Waals surface area contributed by atoms with Crippen LogP contribution in [0.15, 0.2) is 89.3 Å². The topological polar surface area (TPSA) is 48.7 Å². The van der Waals surface area contributed by atoms with Gasteiger partial charge in [-0.2, -0.15) is 0 Å². The summed E-state index contributed by atoms with van der Waals surface area (Å²) in [7, 11) is 0. The Morgan fingerprint density at radius 1 is 0.829 bits per heavy atom. The molecule has 0 bridgehead atoms. The number of hydrogen-bond acceptors (Lipinski definition) is 4. The molecule has 0 unspecified atom stereocenters. The quantitative estimate of drug-likeness (QED) is 0.312. The van der Waals surface area contributed by atoms with Crippen LogP contribution in [-0.4, -0.2) is 37.0 Å². The minimum atomic E-state index is -0.307. The van der Waals surface area contributed by atoms with Crippen LogP contribution < -0.4 is 10.2 Å². The van der Waals surface area contributed by atoms with Crippen molar-refractivity contribution in [3.63, 3.8) is 0 Å². The summed E-state index contributed by atoms with van der Waals surface area (Å²) in [6.07, 6.45) is 0. The van der Waals surface area contributed by atoms with Crippen molar-refractivity contribution in [2.75, 3.05) is 36.4 Å². The number of rotatable bonds is 6. The van der Waals surface area contributed by atoms with E-state index in [-0.39, 0.29) is 11.7 Å². The van der Waals surface area contributed by atoms with Crippen LogP contribution in [0, 0.1) is 0 Å². The molecule has 4 aromatic rings. The molecule has 0 spiro atoms. The molecule has 1 aliphatic rings. The summed E-state index contributed by atoms with van der Waals surface area (Å²) in [4.78, 5) is 17.5. The maximum absolute atomic E-state index is 12.7. The van der Waals surface area contributed by atoms with Crippen LogP contribution in [0.25, 0.3) is 11.3 Å². The summed E-state index contributed by atoms with van der Waals surface area (Å²) in [5, 5.41) is 3.81. The van der Waals surface area contributed by atoms with Gasteiger partial charge >= 0.3 is 0 Å². The van der Waals surface area contributed by atoms with Crippen molar-refractivity contribution >= 4 is 40.5 Å². The summed E-state index contributed by atoms with van der Waals surface area (Å²) in [6.45, 7) is 4.98. The zero-order valence-electron chi connectivity index (χ0n) is 19.1. The SMILES string of the molecule is O=C(Nc1ccc(N2CCN(Cc3ccccc3)CC2)cc1)c1ccc(-c2ccc(Cl)c(Cl)c2)o1. The second-order valence-corrected chi connectivity index (χ2v) is 9.36. The van der Waals surface area contributed by atoms with Gasteiger partial charge in [0.15, 0.2) is 5.76 Å². The van der Waals surface area contributed by atoms with Crippen molar-refractivity contribution in [3.05, 3.63) is 106 Å². The molecule has 178 valence electrons. The third-order valence-corrected chi connectivity index (χ3v) is 6.88. The first-order valence-electron chi connectivity index (χ1n) is 11.5. The second-order valence-electron chi connectivity index (χ2n) is 8.54. The van der Waals surface area contributed by atoms with E-state index < -0.39 is 0 Å². The molecule has 2 heterocycles. The first-order valence-corrected chi connectivity index (χ1v) is 12.3. The van der Waals surface area contributed by atoms with E-state index in [9.17, 15) is 4.79 Å². The zero-order chi connectivity index (χ0) is 24.2. The standard InChI is InChI=1S/C28H25Cl2N3O2/c29-24-11-6-21(18-25(24)30)26-12-13-27(35-26)28(34)31-22-7-9-23(10-8-22)33-16-14-32(15-17-33)19-20-4-2-1-3-5-20/h1-13,18H,14-17,19H2,(H,31,34). The molecule has 35 heavy (non-hydrogen) atoms. The van der Waals surface area contributed by atoms with Crippen LogP contribution in [-0.2, 0) is 6.54 Å². The van der Waals surface area contributed by atoms with Crippen LogP contribution in [0.4, 0.5) is 11.4 Å². The molecule has 3 aromatic carbocycles. The molecule has 0 aliphatic carbocycles.